The summed E-state index contributed by atoms with van der Waals surface area (Å²) in [5.41, 5.74) is 1.89. The summed E-state index contributed by atoms with van der Waals surface area (Å²) in [5.74, 6) is 2.69. The minimum atomic E-state index is -0.0102. The smallest absolute Gasteiger partial charge is 0.225 e. The van der Waals surface area contributed by atoms with E-state index in [0.717, 1.165) is 31.0 Å². The molecule has 1 aliphatic rings. The minimum Gasteiger partial charge on any atom is -0.493 e. The van der Waals surface area contributed by atoms with Crippen LogP contribution in [0, 0.1) is 0 Å². The summed E-state index contributed by atoms with van der Waals surface area (Å²) in [6, 6.07) is 12.0. The zero-order valence-electron chi connectivity index (χ0n) is 18.8. The number of benzene rings is 2. The first kappa shape index (κ1) is 22.7. The van der Waals surface area contributed by atoms with E-state index in [9.17, 15) is 4.79 Å². The number of methoxy groups -OCH3 is 4. The fraction of sp³-hybridized carbons (Fsp3) is 0.458. The molecule has 7 heteroatoms. The van der Waals surface area contributed by atoms with Crippen molar-refractivity contribution in [1.82, 2.24) is 4.90 Å². The van der Waals surface area contributed by atoms with E-state index >= 15 is 0 Å². The lowest BCUT2D eigenvalue weighted by Crippen LogP contribution is -2.31. The Hall–Kier alpha value is -2.93. The van der Waals surface area contributed by atoms with Crippen LogP contribution in [0.25, 0.3) is 0 Å². The van der Waals surface area contributed by atoms with Crippen LogP contribution in [-0.4, -0.2) is 58.4 Å². The Kier molecular flexibility index (Phi) is 8.00. The monoisotopic (exact) mass is 428 g/mol. The molecule has 0 spiro atoms. The molecule has 3 rings (SSSR count). The van der Waals surface area contributed by atoms with Crippen LogP contribution in [-0.2, 0) is 11.2 Å². The summed E-state index contributed by atoms with van der Waals surface area (Å²) in [6.45, 7) is 1.64. The van der Waals surface area contributed by atoms with E-state index in [2.05, 4.69) is 16.3 Å². The lowest BCUT2D eigenvalue weighted by Gasteiger charge is -2.22. The molecule has 0 bridgehead atoms. The van der Waals surface area contributed by atoms with E-state index in [0.29, 0.717) is 29.6 Å². The summed E-state index contributed by atoms with van der Waals surface area (Å²) in [4.78, 5) is 14.9. The van der Waals surface area contributed by atoms with Crippen molar-refractivity contribution in [3.63, 3.8) is 0 Å². The Morgan fingerprint density at radius 2 is 1.48 bits per heavy atom. The molecule has 2 aromatic rings. The normalized spacial score (nSPS) is 13.1. The fourth-order valence-corrected chi connectivity index (χ4v) is 3.61. The summed E-state index contributed by atoms with van der Waals surface area (Å²) in [7, 11) is 6.45. The van der Waals surface area contributed by atoms with Crippen molar-refractivity contribution >= 4 is 11.6 Å². The highest BCUT2D eigenvalue weighted by molar-refractivity contribution is 5.91. The summed E-state index contributed by atoms with van der Waals surface area (Å²) >= 11 is 0. The van der Waals surface area contributed by atoms with Gasteiger partial charge in [-0.05, 0) is 49.1 Å². The first-order chi connectivity index (χ1) is 15.1. The molecule has 168 valence electrons. The average molecular weight is 429 g/mol. The van der Waals surface area contributed by atoms with Gasteiger partial charge >= 0.3 is 0 Å². The molecule has 1 N–H and O–H groups in total. The number of rotatable bonds is 12. The van der Waals surface area contributed by atoms with Gasteiger partial charge in [0.25, 0.3) is 0 Å². The van der Waals surface area contributed by atoms with E-state index in [1.54, 1.807) is 40.6 Å². The fourth-order valence-electron chi connectivity index (χ4n) is 3.61. The van der Waals surface area contributed by atoms with Crippen molar-refractivity contribution in [3.8, 4) is 23.0 Å². The molecule has 2 aromatic carbocycles. The number of carbonyl (C=O) groups excluding carboxylic acids is 1. The third-order valence-corrected chi connectivity index (χ3v) is 5.49. The van der Waals surface area contributed by atoms with E-state index in [4.69, 9.17) is 18.9 Å². The van der Waals surface area contributed by atoms with Crippen molar-refractivity contribution in [2.75, 3.05) is 46.8 Å². The Morgan fingerprint density at radius 1 is 0.871 bits per heavy atom. The third kappa shape index (κ3) is 6.28. The lowest BCUT2D eigenvalue weighted by molar-refractivity contribution is -0.116. The predicted octanol–water partition coefficient (Wildman–Crippen LogP) is 3.76. The number of ether oxygens (including phenoxy) is 4. The number of hydrogen-bond donors (Lipinski definition) is 1. The van der Waals surface area contributed by atoms with E-state index in [1.807, 2.05) is 18.2 Å². The maximum atomic E-state index is 12.5. The van der Waals surface area contributed by atoms with Gasteiger partial charge in [0.1, 0.15) is 0 Å². The van der Waals surface area contributed by atoms with Gasteiger partial charge in [-0.3, -0.25) is 9.69 Å². The largest absolute Gasteiger partial charge is 0.493 e. The van der Waals surface area contributed by atoms with Crippen LogP contribution in [0.5, 0.6) is 23.0 Å². The van der Waals surface area contributed by atoms with Crippen LogP contribution in [0.4, 0.5) is 5.69 Å². The molecule has 0 radical (unpaired) electrons. The highest BCUT2D eigenvalue weighted by Crippen LogP contribution is 2.31. The molecular weight excluding hydrogens is 396 g/mol. The molecule has 0 aromatic heterocycles. The molecule has 0 heterocycles. The number of carbonyl (C=O) groups is 1. The Bertz CT molecular complexity index is 882. The van der Waals surface area contributed by atoms with E-state index < -0.39 is 0 Å². The molecule has 0 aliphatic heterocycles. The maximum absolute atomic E-state index is 12.5. The Morgan fingerprint density at radius 3 is 2.10 bits per heavy atom. The molecule has 1 aliphatic carbocycles. The molecule has 0 unspecified atom stereocenters. The van der Waals surface area contributed by atoms with Crippen LogP contribution in [0.15, 0.2) is 36.4 Å². The second-order valence-corrected chi connectivity index (χ2v) is 7.57. The summed E-state index contributed by atoms with van der Waals surface area (Å²) < 4.78 is 21.3. The van der Waals surface area contributed by atoms with Crippen molar-refractivity contribution in [2.45, 2.75) is 31.7 Å². The van der Waals surface area contributed by atoms with Crippen molar-refractivity contribution in [2.24, 2.45) is 0 Å². The maximum Gasteiger partial charge on any atom is 0.225 e. The van der Waals surface area contributed by atoms with Crippen LogP contribution in [0.3, 0.4) is 0 Å². The SMILES string of the molecule is COc1ccc(CCN(CCC(=O)Nc2ccc(OC)c(OC)c2)C2CC2)cc1OC. The zero-order chi connectivity index (χ0) is 22.2. The van der Waals surface area contributed by atoms with Gasteiger partial charge in [0.05, 0.1) is 28.4 Å². The molecule has 1 amide bonds. The molecule has 7 nitrogen and oxygen atoms in total. The average Bonchev–Trinajstić information content (AvgIpc) is 3.64. The van der Waals surface area contributed by atoms with Crippen molar-refractivity contribution in [1.29, 1.82) is 0 Å². The Labute approximate surface area is 184 Å². The molecule has 0 saturated heterocycles. The zero-order valence-corrected chi connectivity index (χ0v) is 18.8. The van der Waals surface area contributed by atoms with Crippen molar-refractivity contribution in [3.05, 3.63) is 42.0 Å². The van der Waals surface area contributed by atoms with Gasteiger partial charge < -0.3 is 24.3 Å². The highest BCUT2D eigenvalue weighted by atomic mass is 16.5. The Balaban J connectivity index is 1.52. The second kappa shape index (κ2) is 10.9. The third-order valence-electron chi connectivity index (χ3n) is 5.49. The standard InChI is InChI=1S/C24H32N2O5/c1-28-20-9-5-17(15-22(20)30-3)11-13-26(19-7-8-19)14-12-24(27)25-18-6-10-21(29-2)23(16-18)31-4/h5-6,9-10,15-16,19H,7-8,11-14H2,1-4H3,(H,25,27). The van der Waals surface area contributed by atoms with Gasteiger partial charge in [0.15, 0.2) is 23.0 Å². The molecule has 31 heavy (non-hydrogen) atoms. The lowest BCUT2D eigenvalue weighted by atomic mass is 10.1. The molecular formula is C24H32N2O5. The number of anilines is 1. The number of nitrogens with one attached hydrogen (secondary N) is 1. The molecule has 1 saturated carbocycles. The first-order valence-electron chi connectivity index (χ1n) is 10.5. The van der Waals surface area contributed by atoms with Gasteiger partial charge in [-0.15, -0.1) is 0 Å². The topological polar surface area (TPSA) is 69.3 Å². The summed E-state index contributed by atoms with van der Waals surface area (Å²) in [6.07, 6.45) is 3.73. The number of amides is 1. The van der Waals surface area contributed by atoms with Crippen molar-refractivity contribution < 1.29 is 23.7 Å². The second-order valence-electron chi connectivity index (χ2n) is 7.57. The first-order valence-corrected chi connectivity index (χ1v) is 10.5. The number of hydrogen-bond acceptors (Lipinski definition) is 6. The minimum absolute atomic E-state index is 0.0102. The van der Waals surface area contributed by atoms with Gasteiger partial charge in [0.2, 0.25) is 5.91 Å². The molecule has 0 atom stereocenters. The van der Waals surface area contributed by atoms with Crippen LogP contribution in [0.1, 0.15) is 24.8 Å². The van der Waals surface area contributed by atoms with Gasteiger partial charge in [-0.25, -0.2) is 0 Å². The van der Waals surface area contributed by atoms with Crippen LogP contribution < -0.4 is 24.3 Å². The van der Waals surface area contributed by atoms with E-state index in [1.165, 1.54) is 18.4 Å². The quantitative estimate of drug-likeness (QED) is 0.555. The summed E-state index contributed by atoms with van der Waals surface area (Å²) in [5, 5.41) is 2.95. The van der Waals surface area contributed by atoms with E-state index in [-0.39, 0.29) is 5.91 Å². The highest BCUT2D eigenvalue weighted by Gasteiger charge is 2.28. The van der Waals surface area contributed by atoms with Crippen LogP contribution in [0.2, 0.25) is 0 Å². The predicted molar refractivity (Wildman–Crippen MR) is 121 cm³/mol. The van der Waals surface area contributed by atoms with Gasteiger partial charge in [0, 0.05) is 37.3 Å². The van der Waals surface area contributed by atoms with Gasteiger partial charge in [-0.2, -0.15) is 0 Å². The number of nitrogens with zero attached hydrogens (tertiary/aromatic N) is 1. The molecule has 1 fully saturated rings. The van der Waals surface area contributed by atoms with Gasteiger partial charge in [-0.1, -0.05) is 6.07 Å². The van der Waals surface area contributed by atoms with Crippen LogP contribution >= 0.6 is 0 Å².